The maximum absolute atomic E-state index is 12.7. The molecule has 1 aliphatic rings. The normalized spacial score (nSPS) is 13.9. The van der Waals surface area contributed by atoms with E-state index in [1.165, 1.54) is 6.42 Å². The number of carbonyl (C=O) groups is 2. The second kappa shape index (κ2) is 8.38. The van der Waals surface area contributed by atoms with Gasteiger partial charge >= 0.3 is 6.03 Å². The molecule has 0 radical (unpaired) electrons. The third kappa shape index (κ3) is 4.33. The highest BCUT2D eigenvalue weighted by atomic mass is 16.2. The fraction of sp³-hybridized carbons (Fsp3) is 0.300. The summed E-state index contributed by atoms with van der Waals surface area (Å²) in [6, 6.07) is 14.5. The molecule has 3 amide bonds. The van der Waals surface area contributed by atoms with Crippen LogP contribution in [0.25, 0.3) is 0 Å². The standard InChI is InChI=1S/C20H24N4O2/c21-20(26)23-18-16(19(25)22-14-15-8-3-1-4-9-15)10-7-11-17(18)24-12-5-2-6-13-24/h1,3-4,7-11H,2,5-6,12-14H2,(H,22,25)(H3,21,23,26). The van der Waals surface area contributed by atoms with Crippen molar-refractivity contribution < 1.29 is 9.59 Å². The summed E-state index contributed by atoms with van der Waals surface area (Å²) in [5.41, 5.74) is 8.11. The van der Waals surface area contributed by atoms with Crippen LogP contribution < -0.4 is 21.3 Å². The Morgan fingerprint density at radius 2 is 1.69 bits per heavy atom. The van der Waals surface area contributed by atoms with Gasteiger partial charge in [0.05, 0.1) is 16.9 Å². The van der Waals surface area contributed by atoms with Gasteiger partial charge in [-0.15, -0.1) is 0 Å². The number of nitrogens with two attached hydrogens (primary N) is 1. The summed E-state index contributed by atoms with van der Waals surface area (Å²) in [5, 5.41) is 5.56. The van der Waals surface area contributed by atoms with Crippen molar-refractivity contribution in [2.45, 2.75) is 25.8 Å². The molecule has 3 rings (SSSR count). The highest BCUT2D eigenvalue weighted by molar-refractivity contribution is 6.06. The van der Waals surface area contributed by atoms with E-state index in [1.54, 1.807) is 6.07 Å². The number of para-hydroxylation sites is 1. The van der Waals surface area contributed by atoms with Crippen molar-refractivity contribution in [2.75, 3.05) is 23.3 Å². The van der Waals surface area contributed by atoms with Gasteiger partial charge in [-0.25, -0.2) is 4.79 Å². The summed E-state index contributed by atoms with van der Waals surface area (Å²) in [7, 11) is 0. The Bertz CT molecular complexity index is 771. The number of hydrogen-bond donors (Lipinski definition) is 3. The minimum atomic E-state index is -0.674. The van der Waals surface area contributed by atoms with Crippen molar-refractivity contribution >= 4 is 23.3 Å². The summed E-state index contributed by atoms with van der Waals surface area (Å²) in [6.45, 7) is 2.23. The molecule has 0 aromatic heterocycles. The Morgan fingerprint density at radius 1 is 0.962 bits per heavy atom. The van der Waals surface area contributed by atoms with Gasteiger partial charge in [0, 0.05) is 19.6 Å². The molecule has 6 heteroatoms. The predicted molar refractivity (Wildman–Crippen MR) is 103 cm³/mol. The Labute approximate surface area is 153 Å². The number of nitrogens with zero attached hydrogens (tertiary/aromatic N) is 1. The van der Waals surface area contributed by atoms with Crippen molar-refractivity contribution in [3.8, 4) is 0 Å². The molecule has 0 atom stereocenters. The molecule has 2 aromatic rings. The summed E-state index contributed by atoms with van der Waals surface area (Å²) < 4.78 is 0. The van der Waals surface area contributed by atoms with Gasteiger partial charge in [-0.2, -0.15) is 0 Å². The number of piperidine rings is 1. The van der Waals surface area contributed by atoms with Crippen LogP contribution in [0.5, 0.6) is 0 Å². The highest BCUT2D eigenvalue weighted by Crippen LogP contribution is 2.31. The number of primary amides is 1. The van der Waals surface area contributed by atoms with Crippen LogP contribution in [0.1, 0.15) is 35.2 Å². The first-order valence-electron chi connectivity index (χ1n) is 8.91. The summed E-state index contributed by atoms with van der Waals surface area (Å²) in [4.78, 5) is 26.4. The lowest BCUT2D eigenvalue weighted by molar-refractivity contribution is 0.0952. The third-order valence-corrected chi connectivity index (χ3v) is 4.53. The SMILES string of the molecule is NC(=O)Nc1c(C(=O)NCc2ccccc2)cccc1N1CCCCC1. The molecule has 1 aliphatic heterocycles. The Kier molecular flexibility index (Phi) is 5.73. The van der Waals surface area contributed by atoms with E-state index >= 15 is 0 Å². The summed E-state index contributed by atoms with van der Waals surface area (Å²) in [6.07, 6.45) is 3.40. The van der Waals surface area contributed by atoms with Gasteiger partial charge < -0.3 is 21.3 Å². The number of carbonyl (C=O) groups excluding carboxylic acids is 2. The van der Waals surface area contributed by atoms with Gasteiger partial charge in [0.15, 0.2) is 0 Å². The maximum Gasteiger partial charge on any atom is 0.316 e. The van der Waals surface area contributed by atoms with E-state index in [0.717, 1.165) is 37.2 Å². The van der Waals surface area contributed by atoms with Crippen LogP contribution in [0, 0.1) is 0 Å². The third-order valence-electron chi connectivity index (χ3n) is 4.53. The van der Waals surface area contributed by atoms with E-state index in [-0.39, 0.29) is 5.91 Å². The molecule has 26 heavy (non-hydrogen) atoms. The number of benzene rings is 2. The first kappa shape index (κ1) is 17.8. The topological polar surface area (TPSA) is 87.5 Å². The monoisotopic (exact) mass is 352 g/mol. The van der Waals surface area contributed by atoms with Crippen molar-refractivity contribution in [1.29, 1.82) is 0 Å². The largest absolute Gasteiger partial charge is 0.370 e. The van der Waals surface area contributed by atoms with Crippen molar-refractivity contribution in [2.24, 2.45) is 5.73 Å². The zero-order valence-electron chi connectivity index (χ0n) is 14.7. The van der Waals surface area contributed by atoms with Crippen LogP contribution >= 0.6 is 0 Å². The summed E-state index contributed by atoms with van der Waals surface area (Å²) in [5.74, 6) is -0.239. The Hall–Kier alpha value is -3.02. The smallest absolute Gasteiger partial charge is 0.316 e. The first-order valence-corrected chi connectivity index (χ1v) is 8.91. The molecule has 1 saturated heterocycles. The van der Waals surface area contributed by atoms with Crippen LogP contribution in [0.2, 0.25) is 0 Å². The molecule has 0 unspecified atom stereocenters. The van der Waals surface area contributed by atoms with Crippen LogP contribution in [0.15, 0.2) is 48.5 Å². The average molecular weight is 352 g/mol. The average Bonchev–Trinajstić information content (AvgIpc) is 2.67. The zero-order chi connectivity index (χ0) is 18.4. The van der Waals surface area contributed by atoms with Gasteiger partial charge in [0.25, 0.3) is 5.91 Å². The fourth-order valence-electron chi connectivity index (χ4n) is 3.26. The van der Waals surface area contributed by atoms with E-state index in [1.807, 2.05) is 42.5 Å². The van der Waals surface area contributed by atoms with E-state index in [9.17, 15) is 9.59 Å². The quantitative estimate of drug-likeness (QED) is 0.773. The van der Waals surface area contributed by atoms with Crippen LogP contribution in [0.4, 0.5) is 16.2 Å². The molecule has 1 heterocycles. The van der Waals surface area contributed by atoms with E-state index in [4.69, 9.17) is 5.73 Å². The molecule has 0 saturated carbocycles. The number of urea groups is 1. The molecule has 6 nitrogen and oxygen atoms in total. The Morgan fingerprint density at radius 3 is 2.38 bits per heavy atom. The molecule has 0 bridgehead atoms. The van der Waals surface area contributed by atoms with Crippen LogP contribution in [-0.4, -0.2) is 25.0 Å². The van der Waals surface area contributed by atoms with Crippen LogP contribution in [-0.2, 0) is 6.54 Å². The van der Waals surface area contributed by atoms with Crippen molar-refractivity contribution in [3.05, 3.63) is 59.7 Å². The van der Waals surface area contributed by atoms with Gasteiger partial charge in [-0.05, 0) is 37.0 Å². The molecular formula is C20H24N4O2. The molecule has 1 fully saturated rings. The Balaban J connectivity index is 1.84. The highest BCUT2D eigenvalue weighted by Gasteiger charge is 2.21. The number of rotatable bonds is 5. The van der Waals surface area contributed by atoms with E-state index in [0.29, 0.717) is 17.8 Å². The number of amides is 3. The zero-order valence-corrected chi connectivity index (χ0v) is 14.7. The van der Waals surface area contributed by atoms with Crippen LogP contribution in [0.3, 0.4) is 0 Å². The lowest BCUT2D eigenvalue weighted by atomic mass is 10.1. The predicted octanol–water partition coefficient (Wildman–Crippen LogP) is 3.10. The number of hydrogen-bond acceptors (Lipinski definition) is 3. The minimum Gasteiger partial charge on any atom is -0.370 e. The second-order valence-corrected chi connectivity index (χ2v) is 6.40. The number of nitrogens with one attached hydrogen (secondary N) is 2. The molecule has 2 aromatic carbocycles. The molecule has 0 spiro atoms. The van der Waals surface area contributed by atoms with E-state index in [2.05, 4.69) is 15.5 Å². The molecule has 0 aliphatic carbocycles. The first-order chi connectivity index (χ1) is 12.6. The minimum absolute atomic E-state index is 0.239. The van der Waals surface area contributed by atoms with Gasteiger partial charge in [0.1, 0.15) is 0 Å². The second-order valence-electron chi connectivity index (χ2n) is 6.40. The maximum atomic E-state index is 12.7. The molecular weight excluding hydrogens is 328 g/mol. The lowest BCUT2D eigenvalue weighted by Crippen LogP contribution is -2.32. The number of anilines is 2. The lowest BCUT2D eigenvalue weighted by Gasteiger charge is -2.31. The van der Waals surface area contributed by atoms with Gasteiger partial charge in [-0.1, -0.05) is 36.4 Å². The molecule has 136 valence electrons. The molecule has 4 N–H and O–H groups in total. The van der Waals surface area contributed by atoms with E-state index < -0.39 is 6.03 Å². The summed E-state index contributed by atoms with van der Waals surface area (Å²) >= 11 is 0. The fourth-order valence-corrected chi connectivity index (χ4v) is 3.26. The van der Waals surface area contributed by atoms with Crippen molar-refractivity contribution in [1.82, 2.24) is 5.32 Å². The van der Waals surface area contributed by atoms with Gasteiger partial charge in [0.2, 0.25) is 0 Å². The van der Waals surface area contributed by atoms with Gasteiger partial charge in [-0.3, -0.25) is 4.79 Å². The van der Waals surface area contributed by atoms with Crippen molar-refractivity contribution in [3.63, 3.8) is 0 Å².